The zero-order valence-corrected chi connectivity index (χ0v) is 9.48. The summed E-state index contributed by atoms with van der Waals surface area (Å²) in [5.74, 6) is 0.0774. The predicted octanol–water partition coefficient (Wildman–Crippen LogP) is 1.84. The van der Waals surface area contributed by atoms with Gasteiger partial charge in [-0.2, -0.15) is 5.10 Å². The molecule has 0 aliphatic heterocycles. The SMILES string of the molecule is COC(=O)N/N=C/c1cc(Br)ccc1O. The number of carbonyl (C=O) groups is 1. The van der Waals surface area contributed by atoms with Crippen LogP contribution < -0.4 is 5.43 Å². The number of benzene rings is 1. The largest absolute Gasteiger partial charge is 0.507 e. The Hall–Kier alpha value is -1.56. The summed E-state index contributed by atoms with van der Waals surface area (Å²) < 4.78 is 5.11. The van der Waals surface area contributed by atoms with Gasteiger partial charge in [0.05, 0.1) is 13.3 Å². The van der Waals surface area contributed by atoms with E-state index >= 15 is 0 Å². The fourth-order valence-corrected chi connectivity index (χ4v) is 1.21. The van der Waals surface area contributed by atoms with Crippen molar-refractivity contribution in [3.05, 3.63) is 28.2 Å². The quantitative estimate of drug-likeness (QED) is 0.638. The van der Waals surface area contributed by atoms with E-state index in [9.17, 15) is 9.90 Å². The molecule has 0 bridgehead atoms. The van der Waals surface area contributed by atoms with E-state index in [1.165, 1.54) is 19.4 Å². The number of rotatable bonds is 2. The van der Waals surface area contributed by atoms with Gasteiger partial charge in [-0.1, -0.05) is 15.9 Å². The van der Waals surface area contributed by atoms with Crippen molar-refractivity contribution in [1.29, 1.82) is 0 Å². The second kappa shape index (κ2) is 5.35. The topological polar surface area (TPSA) is 70.9 Å². The summed E-state index contributed by atoms with van der Waals surface area (Å²) in [6.07, 6.45) is 0.650. The number of nitrogens with one attached hydrogen (secondary N) is 1. The van der Waals surface area contributed by atoms with Gasteiger partial charge in [-0.15, -0.1) is 0 Å². The number of hydrogen-bond acceptors (Lipinski definition) is 4. The molecule has 0 fully saturated rings. The van der Waals surface area contributed by atoms with Crippen LogP contribution in [0.1, 0.15) is 5.56 Å². The summed E-state index contributed by atoms with van der Waals surface area (Å²) in [6, 6.07) is 4.88. The minimum Gasteiger partial charge on any atom is -0.507 e. The fourth-order valence-electron chi connectivity index (χ4n) is 0.829. The van der Waals surface area contributed by atoms with Crippen LogP contribution in [-0.4, -0.2) is 24.5 Å². The van der Waals surface area contributed by atoms with Crippen LogP contribution in [0.3, 0.4) is 0 Å². The van der Waals surface area contributed by atoms with Crippen LogP contribution >= 0.6 is 15.9 Å². The number of carbonyl (C=O) groups excluding carboxylic acids is 1. The van der Waals surface area contributed by atoms with Crippen molar-refractivity contribution in [3.63, 3.8) is 0 Å². The lowest BCUT2D eigenvalue weighted by molar-refractivity contribution is 0.171. The minimum absolute atomic E-state index is 0.0774. The van der Waals surface area contributed by atoms with Gasteiger partial charge in [-0.3, -0.25) is 0 Å². The highest BCUT2D eigenvalue weighted by Gasteiger charge is 1.99. The van der Waals surface area contributed by atoms with Crippen molar-refractivity contribution in [3.8, 4) is 5.75 Å². The van der Waals surface area contributed by atoms with Crippen LogP contribution in [0.15, 0.2) is 27.8 Å². The van der Waals surface area contributed by atoms with E-state index in [4.69, 9.17) is 0 Å². The predicted molar refractivity (Wildman–Crippen MR) is 58.9 cm³/mol. The van der Waals surface area contributed by atoms with Crippen LogP contribution in [0.2, 0.25) is 0 Å². The van der Waals surface area contributed by atoms with Gasteiger partial charge in [0.25, 0.3) is 0 Å². The van der Waals surface area contributed by atoms with Crippen LogP contribution in [0.25, 0.3) is 0 Å². The Kier molecular flexibility index (Phi) is 4.11. The van der Waals surface area contributed by atoms with Crippen molar-refractivity contribution >= 4 is 28.2 Å². The minimum atomic E-state index is -0.666. The molecule has 0 radical (unpaired) electrons. The Balaban J connectivity index is 2.71. The van der Waals surface area contributed by atoms with Crippen molar-refractivity contribution in [2.75, 3.05) is 7.11 Å². The Bertz CT molecular complexity index is 393. The van der Waals surface area contributed by atoms with Gasteiger partial charge in [0.2, 0.25) is 0 Å². The van der Waals surface area contributed by atoms with E-state index < -0.39 is 6.09 Å². The molecule has 1 rings (SSSR count). The molecule has 5 nitrogen and oxygen atoms in total. The molecule has 0 unspecified atom stereocenters. The van der Waals surface area contributed by atoms with E-state index in [-0.39, 0.29) is 5.75 Å². The van der Waals surface area contributed by atoms with Gasteiger partial charge in [0.15, 0.2) is 0 Å². The number of methoxy groups -OCH3 is 1. The molecular weight excluding hydrogens is 264 g/mol. The van der Waals surface area contributed by atoms with Crippen LogP contribution in [-0.2, 0) is 4.74 Å². The molecule has 1 aromatic carbocycles. The maximum Gasteiger partial charge on any atom is 0.427 e. The summed E-state index contributed by atoms with van der Waals surface area (Å²) in [7, 11) is 1.24. The first-order valence-electron chi connectivity index (χ1n) is 3.99. The average molecular weight is 273 g/mol. The molecule has 0 aliphatic rings. The molecule has 1 aromatic rings. The first-order valence-corrected chi connectivity index (χ1v) is 4.78. The number of aromatic hydroxyl groups is 1. The molecule has 15 heavy (non-hydrogen) atoms. The monoisotopic (exact) mass is 272 g/mol. The smallest absolute Gasteiger partial charge is 0.427 e. The number of amides is 1. The van der Waals surface area contributed by atoms with Crippen molar-refractivity contribution in [2.24, 2.45) is 5.10 Å². The summed E-state index contributed by atoms with van der Waals surface area (Å²) in [4.78, 5) is 10.6. The third kappa shape index (κ3) is 3.59. The molecule has 2 N–H and O–H groups in total. The summed E-state index contributed by atoms with van der Waals surface area (Å²) in [5.41, 5.74) is 2.60. The molecular formula is C9H9BrN2O3. The van der Waals surface area contributed by atoms with Crippen molar-refractivity contribution in [2.45, 2.75) is 0 Å². The fraction of sp³-hybridized carbons (Fsp3) is 0.111. The molecule has 0 aliphatic carbocycles. The Morgan fingerprint density at radius 1 is 1.67 bits per heavy atom. The number of halogens is 1. The Morgan fingerprint density at radius 2 is 2.40 bits per heavy atom. The maximum atomic E-state index is 10.6. The highest BCUT2D eigenvalue weighted by atomic mass is 79.9. The van der Waals surface area contributed by atoms with E-state index in [0.717, 1.165) is 4.47 Å². The number of hydrazone groups is 1. The second-order valence-electron chi connectivity index (χ2n) is 2.56. The highest BCUT2D eigenvalue weighted by Crippen LogP contribution is 2.19. The van der Waals surface area contributed by atoms with Gasteiger partial charge in [0, 0.05) is 10.0 Å². The third-order valence-electron chi connectivity index (χ3n) is 1.53. The van der Waals surface area contributed by atoms with Crippen molar-refractivity contribution < 1.29 is 14.6 Å². The Labute approximate surface area is 94.9 Å². The van der Waals surface area contributed by atoms with E-state index in [2.05, 4.69) is 31.2 Å². The molecule has 0 aromatic heterocycles. The van der Waals surface area contributed by atoms with Crippen LogP contribution in [0, 0.1) is 0 Å². The number of nitrogens with zero attached hydrogens (tertiary/aromatic N) is 1. The number of ether oxygens (including phenoxy) is 1. The third-order valence-corrected chi connectivity index (χ3v) is 2.03. The summed E-state index contributed by atoms with van der Waals surface area (Å²) in [6.45, 7) is 0. The maximum absolute atomic E-state index is 10.6. The molecule has 0 atom stereocenters. The number of phenolic OH excluding ortho intramolecular Hbond substituents is 1. The van der Waals surface area contributed by atoms with Gasteiger partial charge in [0.1, 0.15) is 5.75 Å². The van der Waals surface area contributed by atoms with E-state index in [1.54, 1.807) is 12.1 Å². The van der Waals surface area contributed by atoms with Crippen molar-refractivity contribution in [1.82, 2.24) is 5.43 Å². The number of hydrogen-bond donors (Lipinski definition) is 2. The molecule has 1 amide bonds. The van der Waals surface area contributed by atoms with Crippen LogP contribution in [0.4, 0.5) is 4.79 Å². The van der Waals surface area contributed by atoms with Gasteiger partial charge in [-0.25, -0.2) is 10.2 Å². The molecule has 0 saturated carbocycles. The Morgan fingerprint density at radius 3 is 3.07 bits per heavy atom. The van der Waals surface area contributed by atoms with Crippen LogP contribution in [0.5, 0.6) is 5.75 Å². The van der Waals surface area contributed by atoms with Gasteiger partial charge in [-0.05, 0) is 18.2 Å². The molecule has 0 heterocycles. The lowest BCUT2D eigenvalue weighted by Gasteiger charge is -1.99. The first kappa shape index (κ1) is 11.5. The molecule has 80 valence electrons. The van der Waals surface area contributed by atoms with E-state index in [1.807, 2.05) is 0 Å². The molecule has 6 heteroatoms. The van der Waals surface area contributed by atoms with E-state index in [0.29, 0.717) is 5.56 Å². The average Bonchev–Trinajstić information content (AvgIpc) is 2.23. The zero-order valence-electron chi connectivity index (χ0n) is 7.90. The number of phenols is 1. The molecule has 0 saturated heterocycles. The van der Waals surface area contributed by atoms with Gasteiger partial charge < -0.3 is 9.84 Å². The summed E-state index contributed by atoms with van der Waals surface area (Å²) in [5, 5.41) is 13.0. The zero-order chi connectivity index (χ0) is 11.3. The lowest BCUT2D eigenvalue weighted by atomic mass is 10.2. The standard InChI is InChI=1S/C9H9BrN2O3/c1-15-9(14)12-11-5-6-4-7(10)2-3-8(6)13/h2-5,13H,1H3,(H,12,14)/b11-5+. The van der Waals surface area contributed by atoms with Gasteiger partial charge >= 0.3 is 6.09 Å². The summed E-state index contributed by atoms with van der Waals surface area (Å²) >= 11 is 3.25. The normalized spacial score (nSPS) is 10.3. The first-order chi connectivity index (χ1) is 7.13. The highest BCUT2D eigenvalue weighted by molar-refractivity contribution is 9.10. The lowest BCUT2D eigenvalue weighted by Crippen LogP contribution is -2.16. The second-order valence-corrected chi connectivity index (χ2v) is 3.48. The molecule has 0 spiro atoms.